The van der Waals surface area contributed by atoms with Crippen LogP contribution in [0.15, 0.2) is 23.1 Å². The van der Waals surface area contributed by atoms with Gasteiger partial charge >= 0.3 is 11.7 Å². The number of pyridine rings is 1. The Kier molecular flexibility index (Phi) is 4.69. The zero-order valence-electron chi connectivity index (χ0n) is 14.5. The van der Waals surface area contributed by atoms with Gasteiger partial charge in [0.2, 0.25) is 0 Å². The lowest BCUT2D eigenvalue weighted by atomic mass is 10.0. The second-order valence-corrected chi connectivity index (χ2v) is 7.54. The number of carbonyl (C=O) groups excluding carboxylic acids is 1. The number of esters is 1. The zero-order chi connectivity index (χ0) is 18.2. The molecule has 25 heavy (non-hydrogen) atoms. The largest absolute Gasteiger partial charge is 0.458 e. The lowest BCUT2D eigenvalue weighted by Crippen LogP contribution is -2.38. The third kappa shape index (κ3) is 3.92. The molecule has 0 spiro atoms. The fourth-order valence-corrected chi connectivity index (χ4v) is 3.01. The molecule has 0 saturated carbocycles. The van der Waals surface area contributed by atoms with E-state index in [-0.39, 0.29) is 18.2 Å². The maximum atomic E-state index is 12.8. The van der Waals surface area contributed by atoms with E-state index in [1.54, 1.807) is 18.3 Å². The predicted molar refractivity (Wildman–Crippen MR) is 92.7 cm³/mol. The second kappa shape index (κ2) is 6.63. The Morgan fingerprint density at radius 2 is 2.16 bits per heavy atom. The van der Waals surface area contributed by atoms with Gasteiger partial charge in [0, 0.05) is 12.6 Å². The first-order chi connectivity index (χ1) is 11.7. The Morgan fingerprint density at radius 3 is 2.80 bits per heavy atom. The molecule has 1 aliphatic rings. The van der Waals surface area contributed by atoms with Gasteiger partial charge in [0.25, 0.3) is 0 Å². The summed E-state index contributed by atoms with van der Waals surface area (Å²) < 4.78 is 8.31. The van der Waals surface area contributed by atoms with Crippen molar-refractivity contribution in [2.45, 2.75) is 58.2 Å². The molecule has 1 atom stereocenters. The summed E-state index contributed by atoms with van der Waals surface area (Å²) in [6, 6.07) is 2.85. The fourth-order valence-electron chi connectivity index (χ4n) is 2.90. The molecule has 0 N–H and O–H groups in total. The average Bonchev–Trinajstić information content (AvgIpc) is 2.84. The Balaban J connectivity index is 1.89. The molecule has 0 saturated heterocycles. The highest BCUT2D eigenvalue weighted by Gasteiger charge is 2.33. The van der Waals surface area contributed by atoms with E-state index in [0.29, 0.717) is 23.8 Å². The summed E-state index contributed by atoms with van der Waals surface area (Å²) in [5, 5.41) is 4.79. The number of hydrogen-bond donors (Lipinski definition) is 0. The van der Waals surface area contributed by atoms with E-state index >= 15 is 0 Å². The van der Waals surface area contributed by atoms with E-state index in [2.05, 4.69) is 10.1 Å². The average molecular weight is 365 g/mol. The molecule has 8 heteroatoms. The molecule has 1 unspecified atom stereocenters. The van der Waals surface area contributed by atoms with Gasteiger partial charge in [-0.25, -0.2) is 19.3 Å². The van der Waals surface area contributed by atoms with Gasteiger partial charge in [0.05, 0.1) is 6.54 Å². The number of ether oxygens (including phenoxy) is 1. The molecule has 0 aliphatic carbocycles. The highest BCUT2D eigenvalue weighted by molar-refractivity contribution is 6.29. The van der Waals surface area contributed by atoms with E-state index in [1.807, 2.05) is 20.8 Å². The molecule has 2 aromatic heterocycles. The van der Waals surface area contributed by atoms with Gasteiger partial charge in [0.15, 0.2) is 0 Å². The van der Waals surface area contributed by atoms with Crippen molar-refractivity contribution >= 4 is 17.6 Å². The third-order valence-corrected chi connectivity index (χ3v) is 4.15. The van der Waals surface area contributed by atoms with E-state index in [4.69, 9.17) is 16.3 Å². The molecule has 0 amide bonds. The first-order valence-electron chi connectivity index (χ1n) is 8.26. The van der Waals surface area contributed by atoms with Crippen LogP contribution in [0.2, 0.25) is 5.15 Å². The quantitative estimate of drug-likeness (QED) is 0.617. The summed E-state index contributed by atoms with van der Waals surface area (Å²) in [6.45, 7) is 5.72. The number of hydrogen-bond acceptors (Lipinski definition) is 5. The smallest absolute Gasteiger partial charge is 0.347 e. The molecule has 7 nitrogen and oxygen atoms in total. The Morgan fingerprint density at radius 1 is 1.40 bits per heavy atom. The number of fused-ring (bicyclic) bond motifs is 1. The summed E-state index contributed by atoms with van der Waals surface area (Å²) in [7, 11) is 0. The maximum absolute atomic E-state index is 12.8. The lowest BCUT2D eigenvalue weighted by Gasteiger charge is -2.26. The second-order valence-electron chi connectivity index (χ2n) is 7.16. The molecule has 134 valence electrons. The number of carbonyl (C=O) groups is 1. The molecular weight excluding hydrogens is 344 g/mol. The first kappa shape index (κ1) is 17.7. The van der Waals surface area contributed by atoms with Crippen molar-refractivity contribution in [1.82, 2.24) is 19.3 Å². The zero-order valence-corrected chi connectivity index (χ0v) is 15.3. The normalized spacial score (nSPS) is 17.2. The Labute approximate surface area is 150 Å². The minimum Gasteiger partial charge on any atom is -0.458 e. The molecule has 0 bridgehead atoms. The molecule has 0 aromatic carbocycles. The maximum Gasteiger partial charge on any atom is 0.347 e. The number of nitrogens with zero attached hydrogens (tertiary/aromatic N) is 4. The minimum atomic E-state index is -0.618. The minimum absolute atomic E-state index is 0.282. The first-order valence-corrected chi connectivity index (χ1v) is 8.64. The van der Waals surface area contributed by atoms with Gasteiger partial charge in [-0.05, 0) is 45.2 Å². The van der Waals surface area contributed by atoms with Crippen LogP contribution >= 0.6 is 11.6 Å². The van der Waals surface area contributed by atoms with Gasteiger partial charge in [0.1, 0.15) is 22.6 Å². The Hall–Kier alpha value is -2.15. The van der Waals surface area contributed by atoms with Crippen molar-refractivity contribution in [3.05, 3.63) is 45.4 Å². The van der Waals surface area contributed by atoms with Crippen LogP contribution < -0.4 is 5.69 Å². The van der Waals surface area contributed by atoms with Crippen LogP contribution in [0, 0.1) is 0 Å². The van der Waals surface area contributed by atoms with E-state index in [1.165, 1.54) is 9.25 Å². The van der Waals surface area contributed by atoms with Crippen molar-refractivity contribution in [1.29, 1.82) is 0 Å². The van der Waals surface area contributed by atoms with Crippen molar-refractivity contribution < 1.29 is 9.53 Å². The van der Waals surface area contributed by atoms with E-state index in [9.17, 15) is 9.59 Å². The fraction of sp³-hybridized carbons (Fsp3) is 0.529. The highest BCUT2D eigenvalue weighted by atomic mass is 35.5. The molecule has 2 aromatic rings. The van der Waals surface area contributed by atoms with E-state index < -0.39 is 11.6 Å². The predicted octanol–water partition coefficient (Wildman–Crippen LogP) is 2.36. The van der Waals surface area contributed by atoms with Crippen LogP contribution in [0.1, 0.15) is 51.0 Å². The molecule has 3 heterocycles. The SMILES string of the molecule is CC(C)(C)OC(=O)C1CCCc2nn(Cc3ccc(Cl)nc3)c(=O)n21. The standard InChI is InChI=1S/C17H21ClN4O3/c1-17(2,3)25-15(23)12-5-4-6-14-20-21(16(24)22(12)14)10-11-7-8-13(18)19-9-11/h7-9,12H,4-6,10H2,1-3H3. The number of halogens is 1. The molecular formula is C17H21ClN4O3. The molecule has 1 aliphatic heterocycles. The highest BCUT2D eigenvalue weighted by Crippen LogP contribution is 2.25. The summed E-state index contributed by atoms with van der Waals surface area (Å²) in [4.78, 5) is 29.3. The van der Waals surface area contributed by atoms with Gasteiger partial charge < -0.3 is 4.74 Å². The van der Waals surface area contributed by atoms with Crippen molar-refractivity contribution in [2.75, 3.05) is 0 Å². The Bertz CT molecular complexity index is 833. The van der Waals surface area contributed by atoms with Gasteiger partial charge in [-0.15, -0.1) is 0 Å². The number of aromatic nitrogens is 4. The van der Waals surface area contributed by atoms with Crippen LogP contribution in [-0.2, 0) is 22.5 Å². The number of rotatable bonds is 3. The van der Waals surface area contributed by atoms with Gasteiger partial charge in [-0.1, -0.05) is 17.7 Å². The van der Waals surface area contributed by atoms with E-state index in [0.717, 1.165) is 12.0 Å². The molecule has 0 radical (unpaired) electrons. The summed E-state index contributed by atoms with van der Waals surface area (Å²) in [5.74, 6) is 0.234. The number of aryl methyl sites for hydroxylation is 1. The topological polar surface area (TPSA) is 79.0 Å². The van der Waals surface area contributed by atoms with Crippen molar-refractivity contribution in [2.24, 2.45) is 0 Å². The van der Waals surface area contributed by atoms with Crippen LogP contribution in [0.25, 0.3) is 0 Å². The van der Waals surface area contributed by atoms with Crippen LogP contribution in [-0.4, -0.2) is 30.9 Å². The summed E-state index contributed by atoms with van der Waals surface area (Å²) >= 11 is 5.78. The van der Waals surface area contributed by atoms with Gasteiger partial charge in [-0.3, -0.25) is 4.57 Å². The lowest BCUT2D eigenvalue weighted by molar-refractivity contribution is -0.159. The monoisotopic (exact) mass is 364 g/mol. The third-order valence-electron chi connectivity index (χ3n) is 3.93. The van der Waals surface area contributed by atoms with Crippen molar-refractivity contribution in [3.63, 3.8) is 0 Å². The molecule has 3 rings (SSSR count). The van der Waals surface area contributed by atoms with Crippen LogP contribution in [0.4, 0.5) is 0 Å². The van der Waals surface area contributed by atoms with Crippen molar-refractivity contribution in [3.8, 4) is 0 Å². The summed E-state index contributed by atoms with van der Waals surface area (Å²) in [5.41, 5.74) is -0.0835. The molecule has 0 fully saturated rings. The van der Waals surface area contributed by atoms with Crippen LogP contribution in [0.3, 0.4) is 0 Å². The van der Waals surface area contributed by atoms with Gasteiger partial charge in [-0.2, -0.15) is 5.10 Å². The van der Waals surface area contributed by atoms with Crippen LogP contribution in [0.5, 0.6) is 0 Å². The summed E-state index contributed by atoms with van der Waals surface area (Å²) in [6.07, 6.45) is 3.65.